The van der Waals surface area contributed by atoms with Crippen LogP contribution in [0, 0.1) is 0 Å². The van der Waals surface area contributed by atoms with Gasteiger partial charge in [0.25, 0.3) is 0 Å². The van der Waals surface area contributed by atoms with E-state index < -0.39 is 0 Å². The Labute approximate surface area is 182 Å². The Hall–Kier alpha value is -3.44. The van der Waals surface area contributed by atoms with Crippen molar-refractivity contribution >= 4 is 11.7 Å². The number of carbonyl (C=O) groups is 2. The molecule has 1 aliphatic heterocycles. The molecule has 0 unspecified atom stereocenters. The van der Waals surface area contributed by atoms with Crippen LogP contribution in [0.25, 0.3) is 0 Å². The second kappa shape index (κ2) is 10.0. The largest absolute Gasteiger partial charge is 0.457 e. The van der Waals surface area contributed by atoms with Gasteiger partial charge >= 0.3 is 0 Å². The molecule has 1 fully saturated rings. The number of rotatable bonds is 8. The molecule has 3 aromatic rings. The van der Waals surface area contributed by atoms with Crippen molar-refractivity contribution in [2.75, 3.05) is 13.1 Å². The van der Waals surface area contributed by atoms with Gasteiger partial charge in [0.1, 0.15) is 11.5 Å². The fourth-order valence-electron chi connectivity index (χ4n) is 3.82. The lowest BCUT2D eigenvalue weighted by molar-refractivity contribution is -0.125. The van der Waals surface area contributed by atoms with Gasteiger partial charge in [-0.15, -0.1) is 0 Å². The summed E-state index contributed by atoms with van der Waals surface area (Å²) in [6, 6.07) is 26.3. The highest BCUT2D eigenvalue weighted by Crippen LogP contribution is 2.22. The van der Waals surface area contributed by atoms with Crippen molar-refractivity contribution < 1.29 is 14.3 Å². The number of ether oxygens (including phenoxy) is 1. The summed E-state index contributed by atoms with van der Waals surface area (Å²) < 4.78 is 5.78. The van der Waals surface area contributed by atoms with Gasteiger partial charge in [0, 0.05) is 12.1 Å². The van der Waals surface area contributed by atoms with Gasteiger partial charge in [-0.3, -0.25) is 14.5 Å². The third kappa shape index (κ3) is 5.58. The molecule has 4 rings (SSSR count). The van der Waals surface area contributed by atoms with Crippen molar-refractivity contribution in [2.45, 2.75) is 25.4 Å². The van der Waals surface area contributed by atoms with E-state index >= 15 is 0 Å². The van der Waals surface area contributed by atoms with Gasteiger partial charge in [-0.25, -0.2) is 0 Å². The molecule has 158 valence electrons. The molecule has 0 aromatic heterocycles. The molecule has 3 aromatic carbocycles. The maximum Gasteiger partial charge on any atom is 0.237 e. The van der Waals surface area contributed by atoms with E-state index in [9.17, 15) is 9.59 Å². The van der Waals surface area contributed by atoms with Gasteiger partial charge in [-0.05, 0) is 61.3 Å². The summed E-state index contributed by atoms with van der Waals surface area (Å²) in [4.78, 5) is 27.5. The van der Waals surface area contributed by atoms with Gasteiger partial charge in [-0.1, -0.05) is 48.5 Å². The summed E-state index contributed by atoms with van der Waals surface area (Å²) in [6.07, 6.45) is 1.69. The van der Waals surface area contributed by atoms with E-state index in [1.54, 1.807) is 24.3 Å². The van der Waals surface area contributed by atoms with Crippen LogP contribution in [0.2, 0.25) is 0 Å². The summed E-state index contributed by atoms with van der Waals surface area (Å²) in [5.74, 6) is 1.43. The number of para-hydroxylation sites is 1. The van der Waals surface area contributed by atoms with Crippen LogP contribution in [-0.4, -0.2) is 35.7 Å². The van der Waals surface area contributed by atoms with Crippen LogP contribution >= 0.6 is 0 Å². The highest BCUT2D eigenvalue weighted by molar-refractivity contribution is 5.98. The van der Waals surface area contributed by atoms with Crippen molar-refractivity contribution in [3.63, 3.8) is 0 Å². The fraction of sp³-hybridized carbons (Fsp3) is 0.231. The zero-order valence-electron chi connectivity index (χ0n) is 17.4. The van der Waals surface area contributed by atoms with E-state index in [-0.39, 0.29) is 24.3 Å². The van der Waals surface area contributed by atoms with Crippen LogP contribution in [0.15, 0.2) is 84.9 Å². The van der Waals surface area contributed by atoms with Gasteiger partial charge in [0.2, 0.25) is 5.91 Å². The number of carbonyl (C=O) groups excluding carboxylic acids is 2. The smallest absolute Gasteiger partial charge is 0.237 e. The van der Waals surface area contributed by atoms with Crippen molar-refractivity contribution in [3.05, 3.63) is 96.1 Å². The van der Waals surface area contributed by atoms with E-state index in [2.05, 4.69) is 5.32 Å². The predicted octanol–water partition coefficient (Wildman–Crippen LogP) is 4.44. The Morgan fingerprint density at radius 3 is 2.23 bits per heavy atom. The molecule has 0 spiro atoms. The molecule has 0 saturated carbocycles. The van der Waals surface area contributed by atoms with Gasteiger partial charge in [0.15, 0.2) is 5.78 Å². The minimum atomic E-state index is -0.256. The number of likely N-dealkylation sites (tertiary alicyclic amines) is 1. The van der Waals surface area contributed by atoms with E-state index in [0.29, 0.717) is 17.9 Å². The lowest BCUT2D eigenvalue weighted by Gasteiger charge is -2.23. The fourth-order valence-corrected chi connectivity index (χ4v) is 3.82. The number of nitrogens with one attached hydrogen (secondary N) is 1. The number of nitrogens with zero attached hydrogens (tertiary/aromatic N) is 1. The molecule has 1 saturated heterocycles. The molecular weight excluding hydrogens is 388 g/mol. The summed E-state index contributed by atoms with van der Waals surface area (Å²) in [6.45, 7) is 1.49. The average Bonchev–Trinajstić information content (AvgIpc) is 3.27. The lowest BCUT2D eigenvalue weighted by Crippen LogP contribution is -2.44. The zero-order valence-corrected chi connectivity index (χ0v) is 17.4. The van der Waals surface area contributed by atoms with E-state index in [4.69, 9.17) is 4.74 Å². The van der Waals surface area contributed by atoms with E-state index in [1.807, 2.05) is 65.6 Å². The Bertz CT molecular complexity index is 1000. The standard InChI is InChI=1S/C26H26N2O3/c29-25(21-13-15-23(16-14-21)31-22-10-5-2-6-11-22)19-28-17-7-12-24(28)26(30)27-18-20-8-3-1-4-9-20/h1-6,8-11,13-16,24H,7,12,17-19H2,(H,27,30)/t24-/m0/s1. The van der Waals surface area contributed by atoms with Crippen molar-refractivity contribution in [3.8, 4) is 11.5 Å². The number of benzene rings is 3. The van der Waals surface area contributed by atoms with Crippen molar-refractivity contribution in [1.82, 2.24) is 10.2 Å². The third-order valence-corrected chi connectivity index (χ3v) is 5.48. The summed E-state index contributed by atoms with van der Waals surface area (Å²) in [5.41, 5.74) is 1.69. The first-order valence-electron chi connectivity index (χ1n) is 10.6. The van der Waals surface area contributed by atoms with Crippen LogP contribution in [0.3, 0.4) is 0 Å². The number of amides is 1. The highest BCUT2D eigenvalue weighted by atomic mass is 16.5. The average molecular weight is 415 g/mol. The predicted molar refractivity (Wildman–Crippen MR) is 120 cm³/mol. The molecule has 1 atom stereocenters. The molecule has 31 heavy (non-hydrogen) atoms. The van der Waals surface area contributed by atoms with Gasteiger partial charge in [-0.2, -0.15) is 0 Å². The van der Waals surface area contributed by atoms with Crippen LogP contribution in [0.5, 0.6) is 11.5 Å². The van der Waals surface area contributed by atoms with Crippen molar-refractivity contribution in [2.24, 2.45) is 0 Å². The van der Waals surface area contributed by atoms with Crippen LogP contribution in [-0.2, 0) is 11.3 Å². The first-order valence-corrected chi connectivity index (χ1v) is 10.6. The molecule has 1 aliphatic rings. The number of ketones is 1. The topological polar surface area (TPSA) is 58.6 Å². The zero-order chi connectivity index (χ0) is 21.5. The van der Waals surface area contributed by atoms with Crippen LogP contribution in [0.4, 0.5) is 0 Å². The quantitative estimate of drug-likeness (QED) is 0.554. The number of hydrogen-bond donors (Lipinski definition) is 1. The molecule has 1 heterocycles. The first-order chi connectivity index (χ1) is 15.2. The minimum absolute atomic E-state index is 0.00835. The monoisotopic (exact) mass is 414 g/mol. The molecular formula is C26H26N2O3. The molecule has 0 aliphatic carbocycles. The normalized spacial score (nSPS) is 16.1. The maximum absolute atomic E-state index is 12.8. The Morgan fingerprint density at radius 1 is 0.871 bits per heavy atom. The van der Waals surface area contributed by atoms with Crippen LogP contribution in [0.1, 0.15) is 28.8 Å². The summed E-state index contributed by atoms with van der Waals surface area (Å²) in [5, 5.41) is 3.01. The SMILES string of the molecule is O=C(CN1CCC[C@H]1C(=O)NCc1ccccc1)c1ccc(Oc2ccccc2)cc1. The highest BCUT2D eigenvalue weighted by Gasteiger charge is 2.31. The van der Waals surface area contributed by atoms with E-state index in [0.717, 1.165) is 30.7 Å². The van der Waals surface area contributed by atoms with Crippen molar-refractivity contribution in [1.29, 1.82) is 0 Å². The van der Waals surface area contributed by atoms with Gasteiger partial charge in [0.05, 0.1) is 12.6 Å². The van der Waals surface area contributed by atoms with E-state index in [1.165, 1.54) is 0 Å². The second-order valence-corrected chi connectivity index (χ2v) is 7.69. The third-order valence-electron chi connectivity index (χ3n) is 5.48. The maximum atomic E-state index is 12.8. The number of hydrogen-bond acceptors (Lipinski definition) is 4. The Morgan fingerprint density at radius 2 is 1.52 bits per heavy atom. The minimum Gasteiger partial charge on any atom is -0.457 e. The van der Waals surface area contributed by atoms with Gasteiger partial charge < -0.3 is 10.1 Å². The Kier molecular flexibility index (Phi) is 6.75. The molecule has 0 bridgehead atoms. The Balaban J connectivity index is 1.32. The summed E-state index contributed by atoms with van der Waals surface area (Å²) in [7, 11) is 0. The molecule has 0 radical (unpaired) electrons. The molecule has 1 amide bonds. The second-order valence-electron chi connectivity index (χ2n) is 7.69. The van der Waals surface area contributed by atoms with Crippen LogP contribution < -0.4 is 10.1 Å². The molecule has 5 heteroatoms. The number of Topliss-reactive ketones (excluding diaryl/α,β-unsaturated/α-hetero) is 1. The first kappa shape index (κ1) is 20.8. The molecule has 1 N–H and O–H groups in total. The summed E-state index contributed by atoms with van der Waals surface area (Å²) >= 11 is 0. The lowest BCUT2D eigenvalue weighted by atomic mass is 10.1. The molecule has 5 nitrogen and oxygen atoms in total.